The van der Waals surface area contributed by atoms with E-state index in [1.54, 1.807) is 0 Å². The zero-order valence-electron chi connectivity index (χ0n) is 38.9. The van der Waals surface area contributed by atoms with Gasteiger partial charge < -0.3 is 4.74 Å². The van der Waals surface area contributed by atoms with E-state index in [9.17, 15) is 0 Å². The van der Waals surface area contributed by atoms with E-state index < -0.39 is 5.41 Å². The summed E-state index contributed by atoms with van der Waals surface area (Å²) in [5.74, 6) is 2.70. The van der Waals surface area contributed by atoms with E-state index in [0.717, 1.165) is 29.1 Å². The van der Waals surface area contributed by atoms with Crippen molar-refractivity contribution in [2.75, 3.05) is 0 Å². The molecule has 1 nitrogen and oxygen atoms in total. The monoisotopic (exact) mass is 864 g/mol. The topological polar surface area (TPSA) is 9.23 Å². The minimum atomic E-state index is -0.446. The molecule has 0 saturated carbocycles. The second kappa shape index (κ2) is 17.1. The van der Waals surface area contributed by atoms with E-state index in [-0.39, 0.29) is 11.3 Å². The molecule has 326 valence electrons. The minimum Gasteiger partial charge on any atom is -0.457 e. The van der Waals surface area contributed by atoms with E-state index in [2.05, 4.69) is 259 Å². The number of fused-ring (bicyclic) bond motifs is 8. The van der Waals surface area contributed by atoms with Crippen LogP contribution < -0.4 is 4.74 Å². The lowest BCUT2D eigenvalue weighted by atomic mass is 9.60. The van der Waals surface area contributed by atoms with Gasteiger partial charge in [-0.2, -0.15) is 0 Å². The van der Waals surface area contributed by atoms with Gasteiger partial charge in [0.25, 0.3) is 0 Å². The predicted molar refractivity (Wildman–Crippen MR) is 281 cm³/mol. The van der Waals surface area contributed by atoms with Gasteiger partial charge >= 0.3 is 0 Å². The molecule has 0 saturated heterocycles. The summed E-state index contributed by atoms with van der Waals surface area (Å²) >= 11 is 0. The van der Waals surface area contributed by atoms with E-state index in [1.807, 2.05) is 0 Å². The van der Waals surface area contributed by atoms with Gasteiger partial charge in [0, 0.05) is 22.8 Å². The molecule has 0 N–H and O–H groups in total. The summed E-state index contributed by atoms with van der Waals surface area (Å²) in [5, 5.41) is 0. The Morgan fingerprint density at radius 2 is 1.30 bits per heavy atom. The van der Waals surface area contributed by atoms with Gasteiger partial charge in [-0.25, -0.2) is 0 Å². The maximum Gasteiger partial charge on any atom is 0.132 e. The number of benzene rings is 7. The molecule has 11 rings (SSSR count). The van der Waals surface area contributed by atoms with Crippen LogP contribution in [-0.4, -0.2) is 0 Å². The number of hydrogen-bond donors (Lipinski definition) is 0. The quantitative estimate of drug-likeness (QED) is 0.131. The third-order valence-electron chi connectivity index (χ3n) is 15.1. The van der Waals surface area contributed by atoms with Crippen molar-refractivity contribution in [1.29, 1.82) is 0 Å². The molecule has 1 aliphatic heterocycles. The van der Waals surface area contributed by atoms with Crippen molar-refractivity contribution >= 4 is 11.1 Å². The predicted octanol–water partition coefficient (Wildman–Crippen LogP) is 16.9. The SMILES string of the molecule is C=C(/C(C)=C/C(/C=C(\C)c1ccc(C2(C)C=CC3=C(C2)C2(c4ccccc4O3)c3ccccc3-c3ccccc32)cc1)c1cccc(C2C=CC=CC2C)c1)c1cccc(-c2ccccc2)c1. The summed E-state index contributed by atoms with van der Waals surface area (Å²) in [7, 11) is 0. The van der Waals surface area contributed by atoms with Crippen molar-refractivity contribution in [3.63, 3.8) is 0 Å². The molecule has 1 heterocycles. The van der Waals surface area contributed by atoms with Crippen LogP contribution in [0.2, 0.25) is 0 Å². The first-order valence-electron chi connectivity index (χ1n) is 23.9. The highest BCUT2D eigenvalue weighted by atomic mass is 16.5. The first kappa shape index (κ1) is 42.2. The maximum absolute atomic E-state index is 6.81. The molecule has 1 spiro atoms. The Kier molecular flexibility index (Phi) is 10.7. The van der Waals surface area contributed by atoms with Crippen LogP contribution in [0.15, 0.2) is 248 Å². The molecule has 7 aromatic rings. The zero-order valence-corrected chi connectivity index (χ0v) is 38.9. The Morgan fingerprint density at radius 1 is 0.642 bits per heavy atom. The molecule has 0 amide bonds. The number of hydrogen-bond acceptors (Lipinski definition) is 1. The molecular weight excluding hydrogens is 809 g/mol. The lowest BCUT2D eigenvalue weighted by Gasteiger charge is -2.45. The third kappa shape index (κ3) is 7.35. The van der Waals surface area contributed by atoms with E-state index in [4.69, 9.17) is 4.74 Å². The fraction of sp³-hybridized carbons (Fsp3) is 0.152. The van der Waals surface area contributed by atoms with Crippen molar-refractivity contribution < 1.29 is 4.74 Å². The standard InChI is InChI=1S/C66H56O/c1-44-19-9-10-26-56(44)53-25-18-24-52(42-53)54(39-45(2)47(4)50-22-17-23-51(41-50)49-20-7-6-8-21-49)40-46(3)48-33-35-55(36-34-48)65(5)38-37-64-62(43-65)66(61-31-15-16-32-63(61)67-64)59-29-13-11-27-57(59)58-28-12-14-30-60(58)66/h6-42,44,54,56H,4,43H2,1-3,5H3/b45-39+,46-40+. The van der Waals surface area contributed by atoms with Crippen LogP contribution >= 0.6 is 0 Å². The molecule has 0 aromatic heterocycles. The second-order valence-corrected chi connectivity index (χ2v) is 19.3. The molecule has 3 aliphatic carbocycles. The summed E-state index contributed by atoms with van der Waals surface area (Å²) in [5.41, 5.74) is 19.2. The Morgan fingerprint density at radius 3 is 2.04 bits per heavy atom. The van der Waals surface area contributed by atoms with Crippen molar-refractivity contribution in [2.24, 2.45) is 5.92 Å². The molecule has 1 heteroatoms. The number of para-hydroxylation sites is 1. The van der Waals surface area contributed by atoms with Crippen molar-refractivity contribution in [2.45, 2.75) is 56.8 Å². The Balaban J connectivity index is 0.935. The number of allylic oxidation sites excluding steroid dienone is 12. The largest absolute Gasteiger partial charge is 0.457 e. The highest BCUT2D eigenvalue weighted by molar-refractivity contribution is 5.88. The van der Waals surface area contributed by atoms with Gasteiger partial charge in [-0.3, -0.25) is 0 Å². The highest BCUT2D eigenvalue weighted by Crippen LogP contribution is 2.63. The van der Waals surface area contributed by atoms with Crippen molar-refractivity contribution in [3.8, 4) is 28.0 Å². The summed E-state index contributed by atoms with van der Waals surface area (Å²) < 4.78 is 6.81. The Hall–Kier alpha value is -7.48. The molecule has 0 fully saturated rings. The Bertz CT molecular complexity index is 3210. The zero-order chi connectivity index (χ0) is 45.7. The molecule has 0 radical (unpaired) electrons. The summed E-state index contributed by atoms with van der Waals surface area (Å²) in [6.07, 6.45) is 19.3. The van der Waals surface area contributed by atoms with Gasteiger partial charge in [0.1, 0.15) is 11.5 Å². The van der Waals surface area contributed by atoms with Gasteiger partial charge in [0.05, 0.1) is 5.41 Å². The fourth-order valence-corrected chi connectivity index (χ4v) is 11.4. The maximum atomic E-state index is 6.81. The summed E-state index contributed by atoms with van der Waals surface area (Å²) in [4.78, 5) is 0. The molecule has 4 unspecified atom stereocenters. The van der Waals surface area contributed by atoms with Crippen LogP contribution in [0.4, 0.5) is 0 Å². The van der Waals surface area contributed by atoms with Gasteiger partial charge in [0.2, 0.25) is 0 Å². The fourth-order valence-electron chi connectivity index (χ4n) is 11.4. The van der Waals surface area contributed by atoms with Gasteiger partial charge in [-0.05, 0) is 128 Å². The van der Waals surface area contributed by atoms with Crippen molar-refractivity contribution in [3.05, 3.63) is 293 Å². The first-order valence-corrected chi connectivity index (χ1v) is 23.9. The van der Waals surface area contributed by atoms with Crippen LogP contribution in [0.25, 0.3) is 33.4 Å². The second-order valence-electron chi connectivity index (χ2n) is 19.3. The molecule has 4 atom stereocenters. The van der Waals surface area contributed by atoms with Crippen LogP contribution in [0.3, 0.4) is 0 Å². The van der Waals surface area contributed by atoms with Crippen molar-refractivity contribution in [1.82, 2.24) is 0 Å². The average molecular weight is 865 g/mol. The first-order chi connectivity index (χ1) is 32.7. The van der Waals surface area contributed by atoms with E-state index >= 15 is 0 Å². The minimum absolute atomic E-state index is 0.0267. The smallest absolute Gasteiger partial charge is 0.132 e. The molecule has 67 heavy (non-hydrogen) atoms. The Labute approximate surface area is 397 Å². The number of rotatable bonds is 9. The van der Waals surface area contributed by atoms with Crippen LogP contribution in [0.1, 0.15) is 90.5 Å². The van der Waals surface area contributed by atoms with Crippen LogP contribution in [0, 0.1) is 5.92 Å². The molecule has 7 aromatic carbocycles. The van der Waals surface area contributed by atoms with E-state index in [1.165, 1.54) is 77.9 Å². The summed E-state index contributed by atoms with van der Waals surface area (Å²) in [6.45, 7) is 13.8. The molecule has 0 bridgehead atoms. The number of ether oxygens (including phenoxy) is 1. The molecular formula is C66H56O. The van der Waals surface area contributed by atoms with Crippen LogP contribution in [0.5, 0.6) is 5.75 Å². The average Bonchev–Trinajstić information content (AvgIpc) is 3.67. The van der Waals surface area contributed by atoms with Gasteiger partial charge in [-0.1, -0.05) is 227 Å². The molecule has 4 aliphatic rings. The lowest BCUT2D eigenvalue weighted by Crippen LogP contribution is -2.39. The van der Waals surface area contributed by atoms with E-state index in [0.29, 0.717) is 11.8 Å². The van der Waals surface area contributed by atoms with Gasteiger partial charge in [0.15, 0.2) is 0 Å². The van der Waals surface area contributed by atoms with Gasteiger partial charge in [-0.15, -0.1) is 0 Å². The third-order valence-corrected chi connectivity index (χ3v) is 15.1. The highest BCUT2D eigenvalue weighted by Gasteiger charge is 2.53. The normalized spacial score (nSPS) is 20.4. The lowest BCUT2D eigenvalue weighted by molar-refractivity contribution is 0.372. The van der Waals surface area contributed by atoms with Crippen LogP contribution in [-0.2, 0) is 10.8 Å². The summed E-state index contributed by atoms with van der Waals surface area (Å²) in [6, 6.07) is 64.6.